The summed E-state index contributed by atoms with van der Waals surface area (Å²) in [6.07, 6.45) is 7.41. The first-order valence-electron chi connectivity index (χ1n) is 8.39. The van der Waals surface area contributed by atoms with Gasteiger partial charge in [-0.15, -0.1) is 11.8 Å². The molecule has 0 bridgehead atoms. The van der Waals surface area contributed by atoms with E-state index in [4.69, 9.17) is 5.73 Å². The predicted octanol–water partition coefficient (Wildman–Crippen LogP) is 1.19. The van der Waals surface area contributed by atoms with Crippen molar-refractivity contribution in [2.24, 2.45) is 15.7 Å². The quantitative estimate of drug-likeness (QED) is 0.754. The van der Waals surface area contributed by atoms with Crippen LogP contribution in [-0.4, -0.2) is 66.7 Å². The Labute approximate surface area is 153 Å². The summed E-state index contributed by atoms with van der Waals surface area (Å²) in [5.74, 6) is 6.41. The van der Waals surface area contributed by atoms with Crippen LogP contribution in [0.1, 0.15) is 12.8 Å². The van der Waals surface area contributed by atoms with Crippen molar-refractivity contribution in [1.82, 2.24) is 9.80 Å². The van der Waals surface area contributed by atoms with Gasteiger partial charge in [0.1, 0.15) is 6.07 Å². The van der Waals surface area contributed by atoms with E-state index in [9.17, 15) is 5.26 Å². The van der Waals surface area contributed by atoms with Crippen LogP contribution in [0.3, 0.4) is 0 Å². The SMILES string of the molecule is CS/C=C(\N)C#CC1CCC2CN(C3=C(C#N)N=CC=NC3)CCN12. The number of rotatable bonds is 2. The molecule has 3 heterocycles. The molecule has 0 radical (unpaired) electrons. The molecule has 0 saturated carbocycles. The van der Waals surface area contributed by atoms with Crippen LogP contribution in [0.4, 0.5) is 0 Å². The molecule has 2 N–H and O–H groups in total. The van der Waals surface area contributed by atoms with E-state index >= 15 is 0 Å². The van der Waals surface area contributed by atoms with Crippen molar-refractivity contribution >= 4 is 24.2 Å². The van der Waals surface area contributed by atoms with E-state index < -0.39 is 0 Å². The van der Waals surface area contributed by atoms with Crippen molar-refractivity contribution in [2.45, 2.75) is 24.9 Å². The van der Waals surface area contributed by atoms with Gasteiger partial charge in [-0.05, 0) is 25.0 Å². The summed E-state index contributed by atoms with van der Waals surface area (Å²) in [5, 5.41) is 11.2. The summed E-state index contributed by atoms with van der Waals surface area (Å²) in [6, 6.07) is 2.94. The van der Waals surface area contributed by atoms with E-state index in [1.165, 1.54) is 0 Å². The van der Waals surface area contributed by atoms with Crippen LogP contribution in [-0.2, 0) is 0 Å². The fourth-order valence-electron chi connectivity index (χ4n) is 3.56. The van der Waals surface area contributed by atoms with Crippen molar-refractivity contribution in [3.8, 4) is 17.9 Å². The van der Waals surface area contributed by atoms with Crippen LogP contribution >= 0.6 is 11.8 Å². The number of hydrogen-bond donors (Lipinski definition) is 1. The number of thioether (sulfide) groups is 1. The van der Waals surface area contributed by atoms with E-state index in [2.05, 4.69) is 37.7 Å². The van der Waals surface area contributed by atoms with E-state index in [0.29, 0.717) is 24.0 Å². The average Bonchev–Trinajstić information content (AvgIpc) is 2.87. The van der Waals surface area contributed by atoms with Crippen LogP contribution in [0.25, 0.3) is 0 Å². The minimum absolute atomic E-state index is 0.274. The number of allylic oxidation sites excluding steroid dienone is 2. The zero-order valence-electron chi connectivity index (χ0n) is 14.4. The second-order valence-electron chi connectivity index (χ2n) is 6.18. The first-order valence-corrected chi connectivity index (χ1v) is 9.68. The highest BCUT2D eigenvalue weighted by atomic mass is 32.2. The molecule has 2 unspecified atom stereocenters. The van der Waals surface area contributed by atoms with Crippen LogP contribution in [0.2, 0.25) is 0 Å². The molecule has 3 rings (SSSR count). The number of aliphatic imine (C=N–C) groups is 2. The molecule has 0 amide bonds. The van der Waals surface area contributed by atoms with Gasteiger partial charge in [-0.25, -0.2) is 4.99 Å². The molecule has 7 heteroatoms. The number of fused-ring (bicyclic) bond motifs is 1. The smallest absolute Gasteiger partial charge is 0.161 e. The highest BCUT2D eigenvalue weighted by molar-refractivity contribution is 8.01. The summed E-state index contributed by atoms with van der Waals surface area (Å²) < 4.78 is 0. The van der Waals surface area contributed by atoms with E-state index in [0.717, 1.165) is 38.2 Å². The van der Waals surface area contributed by atoms with Gasteiger partial charge in [0.05, 0.1) is 24.0 Å². The van der Waals surface area contributed by atoms with Crippen molar-refractivity contribution in [1.29, 1.82) is 5.26 Å². The predicted molar refractivity (Wildman–Crippen MR) is 103 cm³/mol. The van der Waals surface area contributed by atoms with E-state index in [1.54, 1.807) is 24.2 Å². The summed E-state index contributed by atoms with van der Waals surface area (Å²) >= 11 is 1.57. The maximum absolute atomic E-state index is 9.36. The molecule has 3 aliphatic heterocycles. The van der Waals surface area contributed by atoms with Gasteiger partial charge < -0.3 is 10.6 Å². The average molecular weight is 354 g/mol. The first-order chi connectivity index (χ1) is 12.2. The maximum Gasteiger partial charge on any atom is 0.161 e. The van der Waals surface area contributed by atoms with Gasteiger partial charge in [-0.2, -0.15) is 5.26 Å². The Morgan fingerprint density at radius 3 is 3.08 bits per heavy atom. The molecule has 2 atom stereocenters. The zero-order valence-corrected chi connectivity index (χ0v) is 15.2. The Balaban J connectivity index is 1.69. The lowest BCUT2D eigenvalue weighted by molar-refractivity contribution is 0.112. The number of hydrogen-bond acceptors (Lipinski definition) is 7. The van der Waals surface area contributed by atoms with Gasteiger partial charge >= 0.3 is 0 Å². The molecular formula is C18H22N6S. The molecule has 0 aliphatic carbocycles. The third-order valence-corrected chi connectivity index (χ3v) is 5.20. The van der Waals surface area contributed by atoms with Gasteiger partial charge in [0.15, 0.2) is 5.70 Å². The minimum Gasteiger partial charge on any atom is -0.391 e. The normalized spacial score (nSPS) is 26.7. The van der Waals surface area contributed by atoms with E-state index in [-0.39, 0.29) is 6.04 Å². The van der Waals surface area contributed by atoms with Crippen molar-refractivity contribution in [3.05, 3.63) is 22.5 Å². The number of nitrogens with zero attached hydrogens (tertiary/aromatic N) is 5. The molecule has 2 fully saturated rings. The summed E-state index contributed by atoms with van der Waals surface area (Å²) in [5.41, 5.74) is 7.92. The molecule has 130 valence electrons. The zero-order chi connectivity index (χ0) is 17.6. The van der Waals surface area contributed by atoms with Gasteiger partial charge in [-0.1, -0.05) is 5.92 Å². The lowest BCUT2D eigenvalue weighted by atomic mass is 10.1. The molecule has 0 aromatic carbocycles. The molecule has 2 saturated heterocycles. The second kappa shape index (κ2) is 8.24. The minimum atomic E-state index is 0.274. The summed E-state index contributed by atoms with van der Waals surface area (Å²) in [7, 11) is 0. The topological polar surface area (TPSA) is 81.0 Å². The largest absolute Gasteiger partial charge is 0.391 e. The first kappa shape index (κ1) is 17.6. The van der Waals surface area contributed by atoms with Gasteiger partial charge in [-0.3, -0.25) is 9.89 Å². The van der Waals surface area contributed by atoms with Crippen LogP contribution in [0.15, 0.2) is 32.5 Å². The second-order valence-corrected chi connectivity index (χ2v) is 6.89. The number of piperazine rings is 1. The molecule has 0 aromatic heterocycles. The van der Waals surface area contributed by atoms with Crippen molar-refractivity contribution < 1.29 is 0 Å². The number of nitriles is 1. The van der Waals surface area contributed by atoms with Gasteiger partial charge in [0, 0.05) is 43.5 Å². The van der Waals surface area contributed by atoms with Crippen molar-refractivity contribution in [3.63, 3.8) is 0 Å². The molecule has 3 aliphatic rings. The van der Waals surface area contributed by atoms with Crippen molar-refractivity contribution in [2.75, 3.05) is 32.4 Å². The third-order valence-electron chi connectivity index (χ3n) is 4.71. The monoisotopic (exact) mass is 354 g/mol. The Morgan fingerprint density at radius 2 is 2.28 bits per heavy atom. The van der Waals surface area contributed by atoms with Crippen LogP contribution in [0, 0.1) is 23.2 Å². The Bertz CT molecular complexity index is 733. The molecule has 6 nitrogen and oxygen atoms in total. The summed E-state index contributed by atoms with van der Waals surface area (Å²) in [4.78, 5) is 13.3. The summed E-state index contributed by atoms with van der Waals surface area (Å²) in [6.45, 7) is 3.23. The third kappa shape index (κ3) is 4.07. The van der Waals surface area contributed by atoms with Crippen LogP contribution < -0.4 is 5.73 Å². The highest BCUT2D eigenvalue weighted by Gasteiger charge is 2.37. The Kier molecular flexibility index (Phi) is 5.80. The lowest BCUT2D eigenvalue weighted by Crippen LogP contribution is -2.52. The van der Waals surface area contributed by atoms with Crippen LogP contribution in [0.5, 0.6) is 0 Å². The van der Waals surface area contributed by atoms with E-state index in [1.807, 2.05) is 11.7 Å². The standard InChI is InChI=1S/C18H22N6S/c1-25-13-14(20)2-3-15-4-5-16-12-23(8-9-24(15)16)18-11-21-6-7-22-17(18)10-19/h6-7,13,15-16H,4-5,8-9,11-12,20H2,1H3/b14-13-. The highest BCUT2D eigenvalue weighted by Crippen LogP contribution is 2.29. The Morgan fingerprint density at radius 1 is 1.40 bits per heavy atom. The molecule has 0 spiro atoms. The fraction of sp³-hybridized carbons (Fsp3) is 0.500. The molecular weight excluding hydrogens is 332 g/mol. The lowest BCUT2D eigenvalue weighted by Gasteiger charge is -2.40. The van der Waals surface area contributed by atoms with Gasteiger partial charge in [0.2, 0.25) is 0 Å². The fourth-order valence-corrected chi connectivity index (χ4v) is 3.88. The molecule has 0 aromatic rings. The van der Waals surface area contributed by atoms with Gasteiger partial charge in [0.25, 0.3) is 0 Å². The maximum atomic E-state index is 9.36. The Hall–Kier alpha value is -2.22. The molecule has 25 heavy (non-hydrogen) atoms. The number of nitrogens with two attached hydrogens (primary N) is 1.